The smallest absolute Gasteiger partial charge is 0.234 e. The molecule has 1 N–H and O–H groups in total. The summed E-state index contributed by atoms with van der Waals surface area (Å²) in [6.45, 7) is 4.02. The van der Waals surface area contributed by atoms with E-state index in [2.05, 4.69) is 50.5 Å². The molecule has 0 spiro atoms. The second-order valence-corrected chi connectivity index (χ2v) is 9.00. The van der Waals surface area contributed by atoms with Crippen molar-refractivity contribution in [3.8, 4) is 17.1 Å². The highest BCUT2D eigenvalue weighted by Crippen LogP contribution is 2.28. The summed E-state index contributed by atoms with van der Waals surface area (Å²) in [5, 5.41) is 12.5. The average molecular weight is 493 g/mol. The molecule has 7 heteroatoms. The Morgan fingerprint density at radius 1 is 1.00 bits per heavy atom. The normalized spacial score (nSPS) is 10.8. The molecule has 4 aromatic rings. The van der Waals surface area contributed by atoms with E-state index in [-0.39, 0.29) is 11.7 Å². The third-order valence-electron chi connectivity index (χ3n) is 4.75. The second-order valence-electron chi connectivity index (χ2n) is 7.14. The van der Waals surface area contributed by atoms with E-state index in [0.717, 1.165) is 32.8 Å². The third-order valence-corrected chi connectivity index (χ3v) is 6.17. The molecule has 0 saturated carbocycles. The van der Waals surface area contributed by atoms with Crippen LogP contribution in [-0.4, -0.2) is 26.4 Å². The lowest BCUT2D eigenvalue weighted by Crippen LogP contribution is -2.15. The molecule has 5 nitrogen and oxygen atoms in total. The molecule has 0 radical (unpaired) electrons. The van der Waals surface area contributed by atoms with Crippen molar-refractivity contribution in [2.75, 3.05) is 11.1 Å². The zero-order valence-corrected chi connectivity index (χ0v) is 19.6. The predicted molar refractivity (Wildman–Crippen MR) is 130 cm³/mol. The first-order valence-electron chi connectivity index (χ1n) is 9.78. The van der Waals surface area contributed by atoms with Crippen molar-refractivity contribution in [1.29, 1.82) is 0 Å². The quantitative estimate of drug-likeness (QED) is 0.333. The van der Waals surface area contributed by atoms with Crippen LogP contribution in [0.5, 0.6) is 0 Å². The van der Waals surface area contributed by atoms with Crippen molar-refractivity contribution in [3.05, 3.63) is 88.4 Å². The standard InChI is InChI=1S/C24H21BrN4OS/c1-16-8-10-18(11-9-16)23-27-28-24(29(23)20-6-4-3-5-7-20)31-15-22(30)26-21-13-12-19(25)14-17(21)2/h3-14H,15H2,1-2H3,(H,26,30). The summed E-state index contributed by atoms with van der Waals surface area (Å²) in [6, 6.07) is 23.9. The molecule has 1 aromatic heterocycles. The van der Waals surface area contributed by atoms with Crippen LogP contribution in [0, 0.1) is 13.8 Å². The molecule has 0 aliphatic carbocycles. The topological polar surface area (TPSA) is 59.8 Å². The maximum absolute atomic E-state index is 12.6. The lowest BCUT2D eigenvalue weighted by molar-refractivity contribution is -0.113. The third kappa shape index (κ3) is 5.06. The van der Waals surface area contributed by atoms with Crippen LogP contribution in [0.2, 0.25) is 0 Å². The zero-order valence-electron chi connectivity index (χ0n) is 17.2. The minimum absolute atomic E-state index is 0.0880. The Balaban J connectivity index is 1.58. The van der Waals surface area contributed by atoms with Gasteiger partial charge in [-0.25, -0.2) is 0 Å². The van der Waals surface area contributed by atoms with Gasteiger partial charge in [0.05, 0.1) is 5.75 Å². The zero-order chi connectivity index (χ0) is 21.8. The molecule has 31 heavy (non-hydrogen) atoms. The van der Waals surface area contributed by atoms with Gasteiger partial charge in [-0.15, -0.1) is 10.2 Å². The molecule has 0 fully saturated rings. The van der Waals surface area contributed by atoms with Crippen LogP contribution in [0.4, 0.5) is 5.69 Å². The molecule has 0 unspecified atom stereocenters. The van der Waals surface area contributed by atoms with E-state index in [9.17, 15) is 4.79 Å². The number of aryl methyl sites for hydroxylation is 2. The molecule has 0 aliphatic heterocycles. The number of nitrogens with one attached hydrogen (secondary N) is 1. The maximum Gasteiger partial charge on any atom is 0.234 e. The Bertz CT molecular complexity index is 1210. The number of benzene rings is 3. The predicted octanol–water partition coefficient (Wildman–Crippen LogP) is 6.04. The Morgan fingerprint density at radius 3 is 2.45 bits per heavy atom. The molecule has 0 aliphatic rings. The number of rotatable bonds is 6. The van der Waals surface area contributed by atoms with Gasteiger partial charge < -0.3 is 5.32 Å². The minimum Gasteiger partial charge on any atom is -0.325 e. The first-order chi connectivity index (χ1) is 15.0. The van der Waals surface area contributed by atoms with Gasteiger partial charge in [0.1, 0.15) is 0 Å². The van der Waals surface area contributed by atoms with E-state index in [1.807, 2.05) is 72.2 Å². The summed E-state index contributed by atoms with van der Waals surface area (Å²) in [5.41, 5.74) is 4.92. The first kappa shape index (κ1) is 21.3. The van der Waals surface area contributed by atoms with Gasteiger partial charge in [0, 0.05) is 21.4 Å². The van der Waals surface area contributed by atoms with Gasteiger partial charge in [-0.3, -0.25) is 9.36 Å². The van der Waals surface area contributed by atoms with Crippen LogP contribution in [0.15, 0.2) is 82.4 Å². The number of carbonyl (C=O) groups is 1. The van der Waals surface area contributed by atoms with Gasteiger partial charge in [-0.05, 0) is 49.7 Å². The van der Waals surface area contributed by atoms with E-state index in [1.54, 1.807) is 0 Å². The molecule has 0 saturated heterocycles. The maximum atomic E-state index is 12.6. The van der Waals surface area contributed by atoms with Crippen LogP contribution in [0.3, 0.4) is 0 Å². The van der Waals surface area contributed by atoms with Crippen molar-refractivity contribution in [1.82, 2.24) is 14.8 Å². The first-order valence-corrected chi connectivity index (χ1v) is 11.6. The molecular weight excluding hydrogens is 472 g/mol. The number of hydrogen-bond acceptors (Lipinski definition) is 4. The van der Waals surface area contributed by atoms with Crippen LogP contribution in [0.1, 0.15) is 11.1 Å². The number of nitrogens with zero attached hydrogens (tertiary/aromatic N) is 3. The van der Waals surface area contributed by atoms with E-state index in [4.69, 9.17) is 0 Å². The Hall–Kier alpha value is -2.90. The van der Waals surface area contributed by atoms with Gasteiger partial charge in [0.15, 0.2) is 11.0 Å². The van der Waals surface area contributed by atoms with Crippen molar-refractivity contribution in [2.24, 2.45) is 0 Å². The van der Waals surface area contributed by atoms with Crippen LogP contribution < -0.4 is 5.32 Å². The number of carbonyl (C=O) groups excluding carboxylic acids is 1. The van der Waals surface area contributed by atoms with Crippen molar-refractivity contribution < 1.29 is 4.79 Å². The van der Waals surface area contributed by atoms with Crippen LogP contribution >= 0.6 is 27.7 Å². The van der Waals surface area contributed by atoms with Crippen molar-refractivity contribution >= 4 is 39.3 Å². The number of anilines is 1. The van der Waals surface area contributed by atoms with Crippen molar-refractivity contribution in [2.45, 2.75) is 19.0 Å². The van der Waals surface area contributed by atoms with Gasteiger partial charge in [0.2, 0.25) is 5.91 Å². The molecule has 0 atom stereocenters. The summed E-state index contributed by atoms with van der Waals surface area (Å²) in [4.78, 5) is 12.6. The van der Waals surface area contributed by atoms with E-state index in [0.29, 0.717) is 5.16 Å². The number of halogens is 1. The molecule has 156 valence electrons. The number of amides is 1. The lowest BCUT2D eigenvalue weighted by Gasteiger charge is -2.11. The highest BCUT2D eigenvalue weighted by atomic mass is 79.9. The van der Waals surface area contributed by atoms with E-state index >= 15 is 0 Å². The Labute approximate surface area is 194 Å². The van der Waals surface area contributed by atoms with Crippen molar-refractivity contribution in [3.63, 3.8) is 0 Å². The highest BCUT2D eigenvalue weighted by Gasteiger charge is 2.17. The largest absolute Gasteiger partial charge is 0.325 e. The second kappa shape index (κ2) is 9.49. The van der Waals surface area contributed by atoms with E-state index in [1.165, 1.54) is 17.3 Å². The Morgan fingerprint density at radius 2 is 1.74 bits per heavy atom. The number of aromatic nitrogens is 3. The van der Waals surface area contributed by atoms with Gasteiger partial charge in [0.25, 0.3) is 0 Å². The molecule has 3 aromatic carbocycles. The summed E-state index contributed by atoms with van der Waals surface area (Å²) in [7, 11) is 0. The number of para-hydroxylation sites is 1. The fourth-order valence-corrected chi connectivity index (χ4v) is 4.37. The van der Waals surface area contributed by atoms with E-state index < -0.39 is 0 Å². The molecule has 0 bridgehead atoms. The van der Waals surface area contributed by atoms with Crippen LogP contribution in [-0.2, 0) is 4.79 Å². The lowest BCUT2D eigenvalue weighted by atomic mass is 10.1. The van der Waals surface area contributed by atoms with Gasteiger partial charge >= 0.3 is 0 Å². The fourth-order valence-electron chi connectivity index (χ4n) is 3.15. The van der Waals surface area contributed by atoms with Crippen LogP contribution in [0.25, 0.3) is 17.1 Å². The molecular formula is C24H21BrN4OS. The summed E-state index contributed by atoms with van der Waals surface area (Å²) >= 11 is 4.81. The van der Waals surface area contributed by atoms with Gasteiger partial charge in [-0.1, -0.05) is 75.7 Å². The molecule has 4 rings (SSSR count). The summed E-state index contributed by atoms with van der Waals surface area (Å²) < 4.78 is 2.98. The SMILES string of the molecule is Cc1ccc(-c2nnc(SCC(=O)Nc3ccc(Br)cc3C)n2-c2ccccc2)cc1. The average Bonchev–Trinajstić information content (AvgIpc) is 3.19. The fraction of sp³-hybridized carbons (Fsp3) is 0.125. The molecule has 1 amide bonds. The molecule has 1 heterocycles. The number of thioether (sulfide) groups is 1. The highest BCUT2D eigenvalue weighted by molar-refractivity contribution is 9.10. The monoisotopic (exact) mass is 492 g/mol. The number of hydrogen-bond donors (Lipinski definition) is 1. The minimum atomic E-state index is -0.0880. The summed E-state index contributed by atoms with van der Waals surface area (Å²) in [5.74, 6) is 0.891. The van der Waals surface area contributed by atoms with Gasteiger partial charge in [-0.2, -0.15) is 0 Å². The summed E-state index contributed by atoms with van der Waals surface area (Å²) in [6.07, 6.45) is 0. The Kier molecular flexibility index (Phi) is 6.53.